The van der Waals surface area contributed by atoms with Crippen molar-refractivity contribution in [1.82, 2.24) is 4.90 Å². The maximum Gasteiger partial charge on any atom is 0.223 e. The molecule has 2 aliphatic rings. The summed E-state index contributed by atoms with van der Waals surface area (Å²) in [6.07, 6.45) is 1.20. The van der Waals surface area contributed by atoms with Gasteiger partial charge in [0.15, 0.2) is 0 Å². The zero-order chi connectivity index (χ0) is 12.4. The third-order valence-electron chi connectivity index (χ3n) is 3.67. The Kier molecular flexibility index (Phi) is 4.01. The van der Waals surface area contributed by atoms with E-state index in [0.717, 1.165) is 19.4 Å². The molecule has 0 aromatic heterocycles. The number of amides is 1. The molecular weight excluding hydrogens is 222 g/mol. The van der Waals surface area contributed by atoms with Gasteiger partial charge in [0.25, 0.3) is 0 Å². The van der Waals surface area contributed by atoms with E-state index in [4.69, 9.17) is 4.74 Å². The van der Waals surface area contributed by atoms with E-state index in [1.54, 1.807) is 4.90 Å². The molecule has 1 amide bonds. The number of β-amino-alcohol motifs (C(OH)–C–C–N with tert-alkyl or cyclic N) is 2. The Labute approximate surface area is 101 Å². The number of ether oxygens (including phenoxy) is 1. The first-order chi connectivity index (χ1) is 8.10. The van der Waals surface area contributed by atoms with Gasteiger partial charge in [0.2, 0.25) is 5.91 Å². The number of rotatable bonds is 4. The maximum atomic E-state index is 11.9. The smallest absolute Gasteiger partial charge is 0.223 e. The van der Waals surface area contributed by atoms with Gasteiger partial charge in [0, 0.05) is 26.1 Å². The molecule has 2 fully saturated rings. The lowest BCUT2D eigenvalue weighted by atomic mass is 9.80. The Morgan fingerprint density at radius 1 is 1.29 bits per heavy atom. The monoisotopic (exact) mass is 243 g/mol. The second-order valence-electron chi connectivity index (χ2n) is 5.05. The summed E-state index contributed by atoms with van der Waals surface area (Å²) >= 11 is 0. The van der Waals surface area contributed by atoms with E-state index in [1.807, 2.05) is 6.92 Å². The molecule has 0 aromatic carbocycles. The average molecular weight is 243 g/mol. The molecule has 1 heterocycles. The minimum absolute atomic E-state index is 0.0422. The average Bonchev–Trinajstić information content (AvgIpc) is 2.56. The number of aliphatic hydroxyl groups is 2. The van der Waals surface area contributed by atoms with Gasteiger partial charge >= 0.3 is 0 Å². The van der Waals surface area contributed by atoms with Crippen molar-refractivity contribution < 1.29 is 19.7 Å². The zero-order valence-electron chi connectivity index (χ0n) is 10.2. The first-order valence-electron chi connectivity index (χ1n) is 6.35. The van der Waals surface area contributed by atoms with Gasteiger partial charge < -0.3 is 19.8 Å². The summed E-state index contributed by atoms with van der Waals surface area (Å²) in [5.41, 5.74) is 0. The van der Waals surface area contributed by atoms with Crippen LogP contribution in [0.3, 0.4) is 0 Å². The van der Waals surface area contributed by atoms with E-state index in [1.165, 1.54) is 0 Å². The van der Waals surface area contributed by atoms with Crippen molar-refractivity contribution in [2.45, 2.75) is 44.5 Å². The number of carbonyl (C=O) groups excluding carboxylic acids is 1. The lowest BCUT2D eigenvalue weighted by Gasteiger charge is -2.35. The predicted octanol–water partition coefficient (Wildman–Crippen LogP) is -0.244. The number of nitrogens with zero attached hydrogens (tertiary/aromatic N) is 1. The molecule has 17 heavy (non-hydrogen) atoms. The largest absolute Gasteiger partial charge is 0.388 e. The third-order valence-corrected chi connectivity index (χ3v) is 3.67. The molecule has 1 saturated heterocycles. The van der Waals surface area contributed by atoms with Gasteiger partial charge in [-0.2, -0.15) is 0 Å². The van der Waals surface area contributed by atoms with E-state index >= 15 is 0 Å². The van der Waals surface area contributed by atoms with Crippen molar-refractivity contribution in [3.63, 3.8) is 0 Å². The maximum absolute atomic E-state index is 11.9. The molecule has 5 nitrogen and oxygen atoms in total. The van der Waals surface area contributed by atoms with Crippen molar-refractivity contribution in [3.8, 4) is 0 Å². The van der Waals surface area contributed by atoms with E-state index in [2.05, 4.69) is 0 Å². The quantitative estimate of drug-likeness (QED) is 0.714. The molecule has 0 bridgehead atoms. The SMILES string of the molecule is CCOC1CC(CC(=O)N2C[C@@H](O)[C@@H](O)C2)C1. The van der Waals surface area contributed by atoms with Gasteiger partial charge in [-0.3, -0.25) is 4.79 Å². The van der Waals surface area contributed by atoms with Crippen LogP contribution in [0.25, 0.3) is 0 Å². The van der Waals surface area contributed by atoms with Crippen LogP contribution in [-0.2, 0) is 9.53 Å². The fourth-order valence-electron chi connectivity index (χ4n) is 2.56. The molecule has 2 N–H and O–H groups in total. The number of carbonyl (C=O) groups is 1. The molecule has 1 saturated carbocycles. The summed E-state index contributed by atoms with van der Waals surface area (Å²) < 4.78 is 5.44. The molecule has 5 heteroatoms. The molecular formula is C12H21NO4. The van der Waals surface area contributed by atoms with Crippen LogP contribution in [0.4, 0.5) is 0 Å². The second kappa shape index (κ2) is 5.33. The van der Waals surface area contributed by atoms with Crippen molar-refractivity contribution in [3.05, 3.63) is 0 Å². The van der Waals surface area contributed by atoms with Crippen LogP contribution in [0.5, 0.6) is 0 Å². The van der Waals surface area contributed by atoms with Crippen molar-refractivity contribution in [1.29, 1.82) is 0 Å². The number of aliphatic hydroxyl groups excluding tert-OH is 2. The van der Waals surface area contributed by atoms with Crippen LogP contribution >= 0.6 is 0 Å². The minimum atomic E-state index is -0.781. The zero-order valence-corrected chi connectivity index (χ0v) is 10.2. The highest BCUT2D eigenvalue weighted by Gasteiger charge is 2.36. The predicted molar refractivity (Wildman–Crippen MR) is 61.3 cm³/mol. The Hall–Kier alpha value is -0.650. The van der Waals surface area contributed by atoms with Gasteiger partial charge in [-0.25, -0.2) is 0 Å². The van der Waals surface area contributed by atoms with E-state index in [0.29, 0.717) is 18.4 Å². The van der Waals surface area contributed by atoms with Crippen LogP contribution in [0.1, 0.15) is 26.2 Å². The number of hydrogen-bond donors (Lipinski definition) is 2. The van der Waals surface area contributed by atoms with Crippen LogP contribution in [0.2, 0.25) is 0 Å². The van der Waals surface area contributed by atoms with E-state index in [9.17, 15) is 15.0 Å². The highest BCUT2D eigenvalue weighted by Crippen LogP contribution is 2.33. The van der Waals surface area contributed by atoms with Crippen molar-refractivity contribution in [2.75, 3.05) is 19.7 Å². The Morgan fingerprint density at radius 3 is 2.41 bits per heavy atom. The van der Waals surface area contributed by atoms with Gasteiger partial charge in [-0.1, -0.05) is 0 Å². The molecule has 1 aliphatic carbocycles. The summed E-state index contributed by atoms with van der Waals surface area (Å²) in [5.74, 6) is 0.453. The first-order valence-corrected chi connectivity index (χ1v) is 6.35. The third kappa shape index (κ3) is 2.97. The van der Waals surface area contributed by atoms with E-state index < -0.39 is 12.2 Å². The lowest BCUT2D eigenvalue weighted by molar-refractivity contribution is -0.134. The summed E-state index contributed by atoms with van der Waals surface area (Å²) in [4.78, 5) is 13.4. The molecule has 2 rings (SSSR count). The normalized spacial score (nSPS) is 37.0. The molecule has 0 spiro atoms. The van der Waals surface area contributed by atoms with Gasteiger partial charge in [-0.15, -0.1) is 0 Å². The fraction of sp³-hybridized carbons (Fsp3) is 0.917. The van der Waals surface area contributed by atoms with Crippen LogP contribution < -0.4 is 0 Å². The molecule has 2 atom stereocenters. The second-order valence-corrected chi connectivity index (χ2v) is 5.05. The Bertz CT molecular complexity index is 268. The molecule has 98 valence electrons. The summed E-state index contributed by atoms with van der Waals surface area (Å²) in [7, 11) is 0. The lowest BCUT2D eigenvalue weighted by Crippen LogP contribution is -2.37. The molecule has 0 aromatic rings. The van der Waals surface area contributed by atoms with Crippen LogP contribution in [0, 0.1) is 5.92 Å². The summed E-state index contributed by atoms with van der Waals surface area (Å²) in [5, 5.41) is 18.7. The molecule has 1 aliphatic heterocycles. The minimum Gasteiger partial charge on any atom is -0.388 e. The summed E-state index contributed by atoms with van der Waals surface area (Å²) in [6, 6.07) is 0. The highest BCUT2D eigenvalue weighted by atomic mass is 16.5. The standard InChI is InChI=1S/C12H21NO4/c1-2-17-9-3-8(4-9)5-12(16)13-6-10(14)11(15)7-13/h8-11,14-15H,2-7H2,1H3/t8?,9?,10-,11+. The van der Waals surface area contributed by atoms with Gasteiger partial charge in [-0.05, 0) is 25.7 Å². The Balaban J connectivity index is 1.69. The van der Waals surface area contributed by atoms with Crippen molar-refractivity contribution in [2.24, 2.45) is 5.92 Å². The number of hydrogen-bond acceptors (Lipinski definition) is 4. The van der Waals surface area contributed by atoms with Crippen molar-refractivity contribution >= 4 is 5.91 Å². The Morgan fingerprint density at radius 2 is 1.88 bits per heavy atom. The fourth-order valence-corrected chi connectivity index (χ4v) is 2.56. The first kappa shape index (κ1) is 12.8. The molecule has 0 radical (unpaired) electrons. The van der Waals surface area contributed by atoms with Gasteiger partial charge in [0.05, 0.1) is 18.3 Å². The topological polar surface area (TPSA) is 70.0 Å². The van der Waals surface area contributed by atoms with Crippen LogP contribution in [-0.4, -0.2) is 59.0 Å². The number of likely N-dealkylation sites (tertiary alicyclic amines) is 1. The van der Waals surface area contributed by atoms with E-state index in [-0.39, 0.29) is 19.0 Å². The highest BCUT2D eigenvalue weighted by molar-refractivity contribution is 5.77. The summed E-state index contributed by atoms with van der Waals surface area (Å²) in [6.45, 7) is 3.24. The van der Waals surface area contributed by atoms with Crippen LogP contribution in [0.15, 0.2) is 0 Å². The molecule has 0 unspecified atom stereocenters. The van der Waals surface area contributed by atoms with Gasteiger partial charge in [0.1, 0.15) is 0 Å².